The van der Waals surface area contributed by atoms with Crippen LogP contribution in [-0.2, 0) is 6.61 Å². The molecule has 0 aliphatic heterocycles. The van der Waals surface area contributed by atoms with E-state index in [1.807, 2.05) is 0 Å². The minimum Gasteiger partial charge on any atom is -0.496 e. The first-order valence-corrected chi connectivity index (χ1v) is 10.1. The number of pyridine rings is 1. The van der Waals surface area contributed by atoms with Gasteiger partial charge in [-0.1, -0.05) is 0 Å². The summed E-state index contributed by atoms with van der Waals surface area (Å²) >= 11 is 3.42. The lowest BCUT2D eigenvalue weighted by Gasteiger charge is -2.33. The Kier molecular flexibility index (Phi) is 5.48. The quantitative estimate of drug-likeness (QED) is 0.484. The van der Waals surface area contributed by atoms with Gasteiger partial charge in [0, 0.05) is 36.6 Å². The summed E-state index contributed by atoms with van der Waals surface area (Å²) in [4.78, 5) is 11.6. The van der Waals surface area contributed by atoms with Crippen molar-refractivity contribution in [2.75, 3.05) is 7.11 Å². The highest BCUT2D eigenvalue weighted by Crippen LogP contribution is 2.48. The Morgan fingerprint density at radius 1 is 1.27 bits per heavy atom. The van der Waals surface area contributed by atoms with E-state index in [1.165, 1.54) is 13.2 Å². The number of aryl methyl sites for hydroxylation is 1. The van der Waals surface area contributed by atoms with Crippen molar-refractivity contribution in [3.05, 3.63) is 58.0 Å². The van der Waals surface area contributed by atoms with E-state index in [0.717, 1.165) is 5.56 Å². The lowest BCUT2D eigenvalue weighted by atomic mass is 9.81. The molecule has 2 aromatic heterocycles. The van der Waals surface area contributed by atoms with Crippen LogP contribution in [0.5, 0.6) is 11.5 Å². The minimum atomic E-state index is -2.62. The fourth-order valence-corrected chi connectivity index (χ4v) is 3.88. The number of hydrogen-bond donors (Lipinski definition) is 1. The topological polar surface area (TPSA) is 60.0 Å². The number of aromatic amines is 1. The van der Waals surface area contributed by atoms with Gasteiger partial charge in [0.1, 0.15) is 45.7 Å². The van der Waals surface area contributed by atoms with E-state index in [9.17, 15) is 13.2 Å². The lowest BCUT2D eigenvalue weighted by molar-refractivity contribution is -0.0883. The normalized spacial score (nSPS) is 15.7. The summed E-state index contributed by atoms with van der Waals surface area (Å²) in [5, 5.41) is 0. The maximum atomic E-state index is 13.9. The molecule has 0 atom stereocenters. The molecule has 0 saturated heterocycles. The number of methoxy groups -OCH3 is 1. The number of ether oxygens (including phenoxy) is 2. The van der Waals surface area contributed by atoms with Gasteiger partial charge < -0.3 is 14.5 Å². The monoisotopic (exact) mass is 481 g/mol. The third kappa shape index (κ3) is 4.16. The number of hydrogen-bond acceptors (Lipinski definition) is 4. The van der Waals surface area contributed by atoms with Crippen molar-refractivity contribution in [2.24, 2.45) is 0 Å². The van der Waals surface area contributed by atoms with E-state index < -0.39 is 11.7 Å². The predicted molar refractivity (Wildman–Crippen MR) is 108 cm³/mol. The molecular weight excluding hydrogens is 463 g/mol. The number of nitrogens with zero attached hydrogens (tertiary/aromatic N) is 2. The summed E-state index contributed by atoms with van der Waals surface area (Å²) in [6.45, 7) is 1.74. The van der Waals surface area contributed by atoms with E-state index in [2.05, 4.69) is 30.9 Å². The summed E-state index contributed by atoms with van der Waals surface area (Å²) in [6.07, 6.45) is 1.16. The van der Waals surface area contributed by atoms with Gasteiger partial charge >= 0.3 is 0 Å². The minimum absolute atomic E-state index is 0.0270. The molecule has 3 aromatic rings. The largest absolute Gasteiger partial charge is 0.496 e. The predicted octanol–water partition coefficient (Wildman–Crippen LogP) is 5.78. The third-order valence-corrected chi connectivity index (χ3v) is 5.59. The zero-order chi connectivity index (χ0) is 21.5. The number of nitrogens with one attached hydrogen (secondary N) is 1. The molecule has 0 radical (unpaired) electrons. The highest BCUT2D eigenvalue weighted by atomic mass is 79.9. The standard InChI is InChI=1S/C21H19BrF3N3O2/c1-11-5-15(23)16(26-9-11)10-30-13-3-4-14(17(6-13)29-2)18-19(22)28-20(27-18)12-7-21(24,25)8-12/h3-6,9,12H,7-8,10H2,1-2H3,(H,27,28). The summed E-state index contributed by atoms with van der Waals surface area (Å²) < 4.78 is 52.0. The van der Waals surface area contributed by atoms with Crippen LogP contribution in [0, 0.1) is 12.7 Å². The number of halogens is 4. The Morgan fingerprint density at radius 2 is 2.03 bits per heavy atom. The van der Waals surface area contributed by atoms with Crippen molar-refractivity contribution in [1.29, 1.82) is 0 Å². The van der Waals surface area contributed by atoms with Crippen molar-refractivity contribution >= 4 is 15.9 Å². The molecule has 0 bridgehead atoms. The Morgan fingerprint density at radius 3 is 2.70 bits per heavy atom. The first kappa shape index (κ1) is 20.7. The SMILES string of the molecule is COc1cc(OCc2ncc(C)cc2F)ccc1-c1nc(C2CC(F)(F)C2)[nH]c1Br. The van der Waals surface area contributed by atoms with Crippen molar-refractivity contribution in [2.45, 2.75) is 38.2 Å². The van der Waals surface area contributed by atoms with Crippen LogP contribution >= 0.6 is 15.9 Å². The van der Waals surface area contributed by atoms with Crippen LogP contribution in [0.25, 0.3) is 11.3 Å². The van der Waals surface area contributed by atoms with Crippen LogP contribution in [0.1, 0.15) is 35.8 Å². The van der Waals surface area contributed by atoms with E-state index in [4.69, 9.17) is 9.47 Å². The summed E-state index contributed by atoms with van der Waals surface area (Å²) in [5.74, 6) is -1.85. The Bertz CT molecular complexity index is 1080. The van der Waals surface area contributed by atoms with Gasteiger partial charge in [-0.3, -0.25) is 4.98 Å². The molecule has 1 aliphatic rings. The number of alkyl halides is 2. The van der Waals surface area contributed by atoms with Gasteiger partial charge in [-0.2, -0.15) is 0 Å². The molecule has 0 spiro atoms. The zero-order valence-corrected chi connectivity index (χ0v) is 17.9. The second kappa shape index (κ2) is 7.94. The molecule has 2 heterocycles. The lowest BCUT2D eigenvalue weighted by Crippen LogP contribution is -2.34. The van der Waals surface area contributed by atoms with Crippen molar-refractivity contribution in [3.63, 3.8) is 0 Å². The Balaban J connectivity index is 1.53. The van der Waals surface area contributed by atoms with Crippen LogP contribution in [0.4, 0.5) is 13.2 Å². The molecule has 0 amide bonds. The second-order valence-corrected chi connectivity index (χ2v) is 8.13. The highest BCUT2D eigenvalue weighted by Gasteiger charge is 2.47. The second-order valence-electron chi connectivity index (χ2n) is 7.34. The number of H-pyrrole nitrogens is 1. The van der Waals surface area contributed by atoms with Crippen molar-refractivity contribution in [3.8, 4) is 22.8 Å². The van der Waals surface area contributed by atoms with Crippen molar-refractivity contribution < 1.29 is 22.6 Å². The maximum absolute atomic E-state index is 13.9. The maximum Gasteiger partial charge on any atom is 0.249 e. The molecule has 9 heteroatoms. The van der Waals surface area contributed by atoms with Crippen LogP contribution in [0.15, 0.2) is 35.1 Å². The van der Waals surface area contributed by atoms with Gasteiger partial charge in [0.25, 0.3) is 0 Å². The molecule has 5 nitrogen and oxygen atoms in total. The van der Waals surface area contributed by atoms with E-state index in [-0.39, 0.29) is 31.1 Å². The fraction of sp³-hybridized carbons (Fsp3) is 0.333. The highest BCUT2D eigenvalue weighted by molar-refractivity contribution is 9.10. The van der Waals surface area contributed by atoms with Gasteiger partial charge in [-0.15, -0.1) is 0 Å². The van der Waals surface area contributed by atoms with Crippen molar-refractivity contribution in [1.82, 2.24) is 15.0 Å². The average Bonchev–Trinajstić information content (AvgIpc) is 3.06. The van der Waals surface area contributed by atoms with Gasteiger partial charge in [-0.25, -0.2) is 18.2 Å². The molecule has 4 rings (SSSR count). The number of imidazole rings is 1. The van der Waals surface area contributed by atoms with Gasteiger partial charge in [0.2, 0.25) is 5.92 Å². The molecule has 1 fully saturated rings. The summed E-state index contributed by atoms with van der Waals surface area (Å²) in [6, 6.07) is 6.54. The summed E-state index contributed by atoms with van der Waals surface area (Å²) in [5.41, 5.74) is 2.18. The van der Waals surface area contributed by atoms with Crippen LogP contribution in [0.2, 0.25) is 0 Å². The third-order valence-electron chi connectivity index (χ3n) is 5.01. The molecule has 158 valence electrons. The molecule has 1 N–H and O–H groups in total. The number of aromatic nitrogens is 3. The molecule has 1 saturated carbocycles. The van der Waals surface area contributed by atoms with Gasteiger partial charge in [0.15, 0.2) is 0 Å². The van der Waals surface area contributed by atoms with E-state index in [0.29, 0.717) is 33.2 Å². The average molecular weight is 482 g/mol. The van der Waals surface area contributed by atoms with Crippen LogP contribution in [-0.4, -0.2) is 28.0 Å². The van der Waals surface area contributed by atoms with E-state index >= 15 is 0 Å². The fourth-order valence-electron chi connectivity index (χ4n) is 3.37. The Hall–Kier alpha value is -2.55. The van der Waals surface area contributed by atoms with Crippen LogP contribution < -0.4 is 9.47 Å². The molecule has 1 aromatic carbocycles. The molecule has 0 unspecified atom stereocenters. The number of rotatable bonds is 6. The van der Waals surface area contributed by atoms with Gasteiger partial charge in [-0.05, 0) is 46.6 Å². The molecular formula is C21H19BrF3N3O2. The smallest absolute Gasteiger partial charge is 0.249 e. The molecule has 30 heavy (non-hydrogen) atoms. The molecule has 1 aliphatic carbocycles. The van der Waals surface area contributed by atoms with E-state index in [1.54, 1.807) is 31.3 Å². The zero-order valence-electron chi connectivity index (χ0n) is 16.3. The number of benzene rings is 1. The Labute approximate surface area is 179 Å². The van der Waals surface area contributed by atoms with Crippen LogP contribution in [0.3, 0.4) is 0 Å². The summed E-state index contributed by atoms with van der Waals surface area (Å²) in [7, 11) is 1.51. The van der Waals surface area contributed by atoms with Gasteiger partial charge in [0.05, 0.1) is 7.11 Å². The first-order chi connectivity index (χ1) is 14.3. The first-order valence-electron chi connectivity index (χ1n) is 9.31.